The van der Waals surface area contributed by atoms with Crippen LogP contribution in [-0.4, -0.2) is 41.8 Å². The zero-order valence-corrected chi connectivity index (χ0v) is 10.9. The largest absolute Gasteiger partial charge is 0.380 e. The molecular formula is C14H20N2O2. The van der Waals surface area contributed by atoms with Crippen LogP contribution in [0.4, 0.5) is 0 Å². The van der Waals surface area contributed by atoms with Crippen LogP contribution in [0, 0.1) is 0 Å². The number of nitrogens with zero attached hydrogens (tertiary/aromatic N) is 2. The summed E-state index contributed by atoms with van der Waals surface area (Å²) in [5, 5.41) is 0. The number of aromatic nitrogens is 1. The van der Waals surface area contributed by atoms with E-state index in [9.17, 15) is 4.79 Å². The molecule has 0 bridgehead atoms. The molecule has 1 aromatic rings. The molecule has 0 aromatic carbocycles. The molecule has 0 amide bonds. The molecule has 1 fully saturated rings. The topological polar surface area (TPSA) is 34.5 Å². The van der Waals surface area contributed by atoms with E-state index in [0.717, 1.165) is 45.6 Å². The number of pyridine rings is 1. The maximum absolute atomic E-state index is 11.7. The van der Waals surface area contributed by atoms with Crippen molar-refractivity contribution in [2.45, 2.75) is 25.3 Å². The minimum Gasteiger partial charge on any atom is -0.380 e. The molecule has 1 atom stereocenters. The van der Waals surface area contributed by atoms with Gasteiger partial charge in [-0.1, -0.05) is 6.07 Å². The van der Waals surface area contributed by atoms with Crippen molar-refractivity contribution in [1.82, 2.24) is 9.47 Å². The summed E-state index contributed by atoms with van der Waals surface area (Å²) in [6, 6.07) is 4.27. The van der Waals surface area contributed by atoms with Gasteiger partial charge in [0, 0.05) is 51.0 Å². The van der Waals surface area contributed by atoms with Crippen molar-refractivity contribution >= 4 is 0 Å². The molecule has 1 aromatic heterocycles. The number of hydrogen-bond acceptors (Lipinski definition) is 3. The molecule has 1 saturated heterocycles. The molecule has 98 valence electrons. The predicted octanol–water partition coefficient (Wildman–Crippen LogP) is 0.575. The number of ether oxygens (including phenoxy) is 1. The Morgan fingerprint density at radius 3 is 2.89 bits per heavy atom. The fraction of sp³-hybridized carbons (Fsp3) is 0.643. The van der Waals surface area contributed by atoms with Crippen LogP contribution in [0.1, 0.15) is 17.7 Å². The summed E-state index contributed by atoms with van der Waals surface area (Å²) >= 11 is 0. The van der Waals surface area contributed by atoms with E-state index in [-0.39, 0.29) is 5.56 Å². The van der Waals surface area contributed by atoms with Crippen molar-refractivity contribution in [2.75, 3.05) is 26.3 Å². The van der Waals surface area contributed by atoms with Gasteiger partial charge >= 0.3 is 0 Å². The highest BCUT2D eigenvalue weighted by Gasteiger charge is 2.25. The molecule has 0 aliphatic carbocycles. The highest BCUT2D eigenvalue weighted by Crippen LogP contribution is 2.19. The Labute approximate surface area is 107 Å². The normalized spacial score (nSPS) is 24.8. The minimum atomic E-state index is 0.103. The summed E-state index contributed by atoms with van der Waals surface area (Å²) < 4.78 is 7.28. The zero-order chi connectivity index (χ0) is 12.5. The molecule has 2 aliphatic heterocycles. The van der Waals surface area contributed by atoms with Crippen LogP contribution < -0.4 is 5.56 Å². The van der Waals surface area contributed by atoms with Crippen molar-refractivity contribution < 1.29 is 4.74 Å². The van der Waals surface area contributed by atoms with Crippen LogP contribution in [0.5, 0.6) is 0 Å². The average molecular weight is 248 g/mol. The molecule has 0 radical (unpaired) electrons. The smallest absolute Gasteiger partial charge is 0.250 e. The lowest BCUT2D eigenvalue weighted by molar-refractivity contribution is 0.147. The van der Waals surface area contributed by atoms with E-state index in [2.05, 4.69) is 4.90 Å². The molecule has 2 aliphatic rings. The van der Waals surface area contributed by atoms with Crippen molar-refractivity contribution in [3.63, 3.8) is 0 Å². The van der Waals surface area contributed by atoms with Gasteiger partial charge in [0.1, 0.15) is 0 Å². The Hall–Kier alpha value is -1.13. The SMILES string of the molecule is Cn1c2c(ccc1=O)CCN([C@@H]1CCOC1)CC2. The van der Waals surface area contributed by atoms with Crippen LogP contribution in [0.2, 0.25) is 0 Å². The van der Waals surface area contributed by atoms with Crippen molar-refractivity contribution in [3.8, 4) is 0 Å². The summed E-state index contributed by atoms with van der Waals surface area (Å²) in [5.74, 6) is 0. The zero-order valence-electron chi connectivity index (χ0n) is 10.9. The summed E-state index contributed by atoms with van der Waals surface area (Å²) in [7, 11) is 1.88. The number of fused-ring (bicyclic) bond motifs is 1. The van der Waals surface area contributed by atoms with Gasteiger partial charge in [-0.15, -0.1) is 0 Å². The molecule has 4 heteroatoms. The maximum Gasteiger partial charge on any atom is 0.250 e. The third-order valence-corrected chi connectivity index (χ3v) is 4.26. The monoisotopic (exact) mass is 248 g/mol. The lowest BCUT2D eigenvalue weighted by Crippen LogP contribution is -2.37. The number of hydrogen-bond donors (Lipinski definition) is 0. The van der Waals surface area contributed by atoms with E-state index in [4.69, 9.17) is 4.74 Å². The molecule has 3 heterocycles. The molecule has 0 saturated carbocycles. The molecule has 0 spiro atoms. The predicted molar refractivity (Wildman–Crippen MR) is 69.9 cm³/mol. The molecule has 18 heavy (non-hydrogen) atoms. The molecular weight excluding hydrogens is 228 g/mol. The van der Waals surface area contributed by atoms with E-state index in [1.807, 2.05) is 17.7 Å². The summed E-state index contributed by atoms with van der Waals surface area (Å²) in [6.07, 6.45) is 3.16. The van der Waals surface area contributed by atoms with E-state index in [1.54, 1.807) is 6.07 Å². The van der Waals surface area contributed by atoms with Gasteiger partial charge in [0.2, 0.25) is 5.56 Å². The van der Waals surface area contributed by atoms with Gasteiger partial charge in [-0.05, 0) is 18.4 Å². The minimum absolute atomic E-state index is 0.103. The van der Waals surface area contributed by atoms with Crippen LogP contribution in [0.15, 0.2) is 16.9 Å². The van der Waals surface area contributed by atoms with E-state index in [0.29, 0.717) is 6.04 Å². The first-order chi connectivity index (χ1) is 8.75. The summed E-state index contributed by atoms with van der Waals surface area (Å²) in [4.78, 5) is 14.2. The van der Waals surface area contributed by atoms with Gasteiger partial charge in [0.15, 0.2) is 0 Å². The van der Waals surface area contributed by atoms with Crippen LogP contribution in [0.3, 0.4) is 0 Å². The quantitative estimate of drug-likeness (QED) is 0.729. The molecule has 3 rings (SSSR count). The first-order valence-electron chi connectivity index (χ1n) is 6.75. The Bertz CT molecular complexity index is 489. The van der Waals surface area contributed by atoms with Crippen LogP contribution >= 0.6 is 0 Å². The standard InChI is InChI=1S/C14H20N2O2/c1-15-13-5-8-16(12-6-9-18-10-12)7-4-11(13)2-3-14(15)17/h2-3,12H,4-10H2,1H3/t12-/m1/s1. The Balaban J connectivity index is 1.81. The second kappa shape index (κ2) is 4.86. The molecule has 0 unspecified atom stereocenters. The third kappa shape index (κ3) is 2.10. The van der Waals surface area contributed by atoms with Gasteiger partial charge in [-0.25, -0.2) is 0 Å². The average Bonchev–Trinajstić information content (AvgIpc) is 2.81. The van der Waals surface area contributed by atoms with Gasteiger partial charge in [-0.3, -0.25) is 9.69 Å². The van der Waals surface area contributed by atoms with Gasteiger partial charge in [0.25, 0.3) is 0 Å². The Morgan fingerprint density at radius 1 is 1.28 bits per heavy atom. The summed E-state index contributed by atoms with van der Waals surface area (Å²) in [6.45, 7) is 3.89. The Kier molecular flexibility index (Phi) is 3.22. The van der Waals surface area contributed by atoms with Crippen LogP contribution in [-0.2, 0) is 24.6 Å². The van der Waals surface area contributed by atoms with Crippen molar-refractivity contribution in [3.05, 3.63) is 33.7 Å². The number of rotatable bonds is 1. The first kappa shape index (κ1) is 11.9. The van der Waals surface area contributed by atoms with E-state index >= 15 is 0 Å². The van der Waals surface area contributed by atoms with Crippen molar-refractivity contribution in [1.29, 1.82) is 0 Å². The van der Waals surface area contributed by atoms with Gasteiger partial charge < -0.3 is 9.30 Å². The highest BCUT2D eigenvalue weighted by molar-refractivity contribution is 5.23. The highest BCUT2D eigenvalue weighted by atomic mass is 16.5. The fourth-order valence-corrected chi connectivity index (χ4v) is 3.08. The lowest BCUT2D eigenvalue weighted by Gasteiger charge is -2.25. The second-order valence-corrected chi connectivity index (χ2v) is 5.26. The molecule has 0 N–H and O–H groups in total. The van der Waals surface area contributed by atoms with Gasteiger partial charge in [0.05, 0.1) is 6.61 Å². The molecule has 4 nitrogen and oxygen atoms in total. The van der Waals surface area contributed by atoms with Gasteiger partial charge in [-0.2, -0.15) is 0 Å². The lowest BCUT2D eigenvalue weighted by atomic mass is 10.1. The van der Waals surface area contributed by atoms with Crippen molar-refractivity contribution in [2.24, 2.45) is 7.05 Å². The second-order valence-electron chi connectivity index (χ2n) is 5.26. The maximum atomic E-state index is 11.7. The Morgan fingerprint density at radius 2 is 2.11 bits per heavy atom. The van der Waals surface area contributed by atoms with E-state index < -0.39 is 0 Å². The first-order valence-corrected chi connectivity index (χ1v) is 6.75. The van der Waals surface area contributed by atoms with Crippen LogP contribution in [0.25, 0.3) is 0 Å². The fourth-order valence-electron chi connectivity index (χ4n) is 3.08. The third-order valence-electron chi connectivity index (χ3n) is 4.26. The summed E-state index contributed by atoms with van der Waals surface area (Å²) in [5.41, 5.74) is 2.65. The van der Waals surface area contributed by atoms with E-state index in [1.165, 1.54) is 11.3 Å².